The van der Waals surface area contributed by atoms with Crippen LogP contribution in [0.25, 0.3) is 0 Å². The van der Waals surface area contributed by atoms with E-state index < -0.39 is 5.41 Å². The Morgan fingerprint density at radius 1 is 1.48 bits per heavy atom. The Bertz CT molecular complexity index is 699. The molecule has 2 N–H and O–H groups in total. The summed E-state index contributed by atoms with van der Waals surface area (Å²) in [5.74, 6) is -0.00750. The molecular weight excluding hydrogens is 316 g/mol. The highest BCUT2D eigenvalue weighted by Gasteiger charge is 2.46. The number of fused-ring (bicyclic) bond motifs is 1. The quantitative estimate of drug-likeness (QED) is 0.714. The molecular formula is C19H24N4O2. The van der Waals surface area contributed by atoms with E-state index in [-0.39, 0.29) is 24.6 Å². The molecule has 2 unspecified atom stereocenters. The minimum Gasteiger partial charge on any atom is -0.396 e. The summed E-state index contributed by atoms with van der Waals surface area (Å²) >= 11 is 0. The van der Waals surface area contributed by atoms with Crippen LogP contribution in [0.5, 0.6) is 0 Å². The highest BCUT2D eigenvalue weighted by Crippen LogP contribution is 2.45. The molecule has 0 aromatic rings. The molecule has 2 heterocycles. The Balaban J connectivity index is 0.00000109. The molecule has 1 amide bonds. The second-order valence-corrected chi connectivity index (χ2v) is 6.46. The topological polar surface area (TPSA) is 97.8 Å². The molecule has 1 aliphatic carbocycles. The standard InChI is InChI=1S/C17H20N4O2.C2H4/c1-11-19-8-12(7-18)2-3-17(16(23)21-11)5-14-4-13(10-22)9-20-15(14)6-17;1-2/h2,4,8,11,13,22H,3,5-6,9-10H2,1H3,(H,21,23);1-2H2/b12-2-,19-8-;/t11?,13?,17-;/m0./s1. The summed E-state index contributed by atoms with van der Waals surface area (Å²) < 4.78 is 0. The number of nitriles is 1. The minimum atomic E-state index is -0.612. The highest BCUT2D eigenvalue weighted by molar-refractivity contribution is 6.08. The van der Waals surface area contributed by atoms with Crippen LogP contribution in [0, 0.1) is 22.7 Å². The zero-order chi connectivity index (χ0) is 18.4. The number of carbonyl (C=O) groups is 1. The number of aliphatic hydroxyl groups excluding tert-OH is 1. The Hall–Kier alpha value is -2.52. The molecule has 2 aliphatic heterocycles. The summed E-state index contributed by atoms with van der Waals surface area (Å²) in [7, 11) is 0. The first-order valence-corrected chi connectivity index (χ1v) is 8.36. The van der Waals surface area contributed by atoms with Gasteiger partial charge in [-0.1, -0.05) is 12.2 Å². The number of hydrogen-bond donors (Lipinski definition) is 2. The van der Waals surface area contributed by atoms with E-state index in [9.17, 15) is 15.2 Å². The molecule has 3 aliphatic rings. The second kappa shape index (κ2) is 8.04. The lowest BCUT2D eigenvalue weighted by atomic mass is 9.80. The van der Waals surface area contributed by atoms with Crippen molar-refractivity contribution in [1.29, 1.82) is 5.26 Å². The lowest BCUT2D eigenvalue weighted by Crippen LogP contribution is -2.42. The summed E-state index contributed by atoms with van der Waals surface area (Å²) in [6.07, 6.45) is 6.65. The van der Waals surface area contributed by atoms with Gasteiger partial charge in [-0.2, -0.15) is 5.26 Å². The van der Waals surface area contributed by atoms with Crippen LogP contribution < -0.4 is 5.32 Å². The first-order chi connectivity index (χ1) is 12.1. The molecule has 0 saturated heterocycles. The molecule has 0 bridgehead atoms. The van der Waals surface area contributed by atoms with Gasteiger partial charge in [-0.3, -0.25) is 14.8 Å². The minimum absolute atomic E-state index is 0.0377. The third kappa shape index (κ3) is 3.94. The maximum Gasteiger partial charge on any atom is 0.228 e. The molecule has 1 fully saturated rings. The van der Waals surface area contributed by atoms with Gasteiger partial charge in [0.2, 0.25) is 5.91 Å². The molecule has 1 saturated carbocycles. The normalized spacial score (nSPS) is 34.3. The van der Waals surface area contributed by atoms with Crippen molar-refractivity contribution in [2.75, 3.05) is 13.2 Å². The highest BCUT2D eigenvalue weighted by atomic mass is 16.3. The molecule has 3 atom stereocenters. The van der Waals surface area contributed by atoms with Gasteiger partial charge in [0.05, 0.1) is 17.6 Å². The number of aliphatic hydroxyl groups is 1. The van der Waals surface area contributed by atoms with Gasteiger partial charge in [-0.25, -0.2) is 0 Å². The van der Waals surface area contributed by atoms with Crippen molar-refractivity contribution in [2.45, 2.75) is 32.4 Å². The smallest absolute Gasteiger partial charge is 0.228 e. The molecule has 0 aromatic heterocycles. The van der Waals surface area contributed by atoms with Gasteiger partial charge in [0, 0.05) is 30.8 Å². The zero-order valence-corrected chi connectivity index (χ0v) is 14.5. The first kappa shape index (κ1) is 18.8. The maximum atomic E-state index is 12.8. The fourth-order valence-electron chi connectivity index (χ4n) is 3.35. The maximum absolute atomic E-state index is 12.8. The Labute approximate surface area is 148 Å². The largest absolute Gasteiger partial charge is 0.396 e. The molecule has 0 radical (unpaired) electrons. The molecule has 6 nitrogen and oxygen atoms in total. The van der Waals surface area contributed by atoms with E-state index in [0.717, 1.165) is 11.3 Å². The fraction of sp³-hybridized carbons (Fsp3) is 0.474. The van der Waals surface area contributed by atoms with Crippen molar-refractivity contribution in [3.05, 3.63) is 36.5 Å². The fourth-order valence-corrected chi connectivity index (χ4v) is 3.35. The summed E-state index contributed by atoms with van der Waals surface area (Å²) in [6.45, 7) is 8.44. The third-order valence-electron chi connectivity index (χ3n) is 4.69. The Morgan fingerprint density at radius 2 is 2.24 bits per heavy atom. The van der Waals surface area contributed by atoms with Crippen LogP contribution in [0.15, 0.2) is 46.4 Å². The predicted octanol–water partition coefficient (Wildman–Crippen LogP) is 1.94. The van der Waals surface area contributed by atoms with E-state index in [1.54, 1.807) is 13.0 Å². The van der Waals surface area contributed by atoms with Gasteiger partial charge >= 0.3 is 0 Å². The number of aliphatic imine (C=N–C) groups is 2. The van der Waals surface area contributed by atoms with Crippen molar-refractivity contribution in [3.8, 4) is 6.07 Å². The number of amides is 1. The summed E-state index contributed by atoms with van der Waals surface area (Å²) in [5, 5.41) is 21.4. The van der Waals surface area contributed by atoms with Crippen molar-refractivity contribution in [3.63, 3.8) is 0 Å². The van der Waals surface area contributed by atoms with Gasteiger partial charge in [0.1, 0.15) is 12.2 Å². The lowest BCUT2D eigenvalue weighted by molar-refractivity contribution is -0.130. The van der Waals surface area contributed by atoms with Crippen LogP contribution in [0.2, 0.25) is 0 Å². The number of allylic oxidation sites excluding steroid dienone is 3. The van der Waals surface area contributed by atoms with Gasteiger partial charge < -0.3 is 10.4 Å². The van der Waals surface area contributed by atoms with Crippen LogP contribution in [0.3, 0.4) is 0 Å². The summed E-state index contributed by atoms with van der Waals surface area (Å²) in [4.78, 5) is 21.6. The molecule has 3 rings (SSSR count). The van der Waals surface area contributed by atoms with Crippen LogP contribution in [-0.2, 0) is 4.79 Å². The van der Waals surface area contributed by atoms with Crippen LogP contribution in [-0.4, -0.2) is 42.3 Å². The average Bonchev–Trinajstić information content (AvgIpc) is 3.03. The van der Waals surface area contributed by atoms with Crippen molar-refractivity contribution >= 4 is 17.8 Å². The molecule has 0 aromatic carbocycles. The van der Waals surface area contributed by atoms with E-state index in [0.29, 0.717) is 31.4 Å². The molecule has 132 valence electrons. The number of rotatable bonds is 1. The number of hydrogen-bond acceptors (Lipinski definition) is 5. The monoisotopic (exact) mass is 340 g/mol. The SMILES string of the molecule is C=C.CC1/N=C\C(C#N)=C/C[C@@]2(CC3=CC(CO)CN=C3C2)C(=O)N1. The zero-order valence-electron chi connectivity index (χ0n) is 14.5. The number of carbonyl (C=O) groups excluding carboxylic acids is 1. The van der Waals surface area contributed by atoms with Crippen molar-refractivity contribution < 1.29 is 9.90 Å². The van der Waals surface area contributed by atoms with E-state index >= 15 is 0 Å². The van der Waals surface area contributed by atoms with Crippen molar-refractivity contribution in [2.24, 2.45) is 21.3 Å². The number of dihydropyridines is 1. The molecule has 6 heteroatoms. The summed E-state index contributed by atoms with van der Waals surface area (Å²) in [6, 6.07) is 2.11. The third-order valence-corrected chi connectivity index (χ3v) is 4.69. The summed E-state index contributed by atoms with van der Waals surface area (Å²) in [5.41, 5.74) is 1.89. The number of nitrogens with zero attached hydrogens (tertiary/aromatic N) is 3. The van der Waals surface area contributed by atoms with E-state index in [4.69, 9.17) is 0 Å². The first-order valence-electron chi connectivity index (χ1n) is 8.36. The van der Waals surface area contributed by atoms with Gasteiger partial charge in [-0.15, -0.1) is 13.2 Å². The van der Waals surface area contributed by atoms with E-state index in [1.165, 1.54) is 6.21 Å². The van der Waals surface area contributed by atoms with Crippen LogP contribution in [0.1, 0.15) is 26.2 Å². The van der Waals surface area contributed by atoms with Gasteiger partial charge in [0.25, 0.3) is 0 Å². The molecule has 1 spiro atoms. The van der Waals surface area contributed by atoms with E-state index in [1.807, 2.05) is 6.08 Å². The molecule has 25 heavy (non-hydrogen) atoms. The second-order valence-electron chi connectivity index (χ2n) is 6.46. The lowest BCUT2D eigenvalue weighted by Gasteiger charge is -2.26. The average molecular weight is 340 g/mol. The van der Waals surface area contributed by atoms with E-state index in [2.05, 4.69) is 34.5 Å². The van der Waals surface area contributed by atoms with Crippen LogP contribution in [0.4, 0.5) is 0 Å². The Morgan fingerprint density at radius 3 is 2.92 bits per heavy atom. The van der Waals surface area contributed by atoms with Crippen molar-refractivity contribution in [1.82, 2.24) is 5.32 Å². The Kier molecular flexibility index (Phi) is 6.05. The van der Waals surface area contributed by atoms with Gasteiger partial charge in [0.15, 0.2) is 0 Å². The predicted molar refractivity (Wildman–Crippen MR) is 98.3 cm³/mol. The number of nitrogens with one attached hydrogen (secondary N) is 1. The van der Waals surface area contributed by atoms with Gasteiger partial charge in [-0.05, 0) is 25.3 Å². The van der Waals surface area contributed by atoms with Crippen LogP contribution >= 0.6 is 0 Å².